The zero-order valence-electron chi connectivity index (χ0n) is 26.6. The first-order valence-electron chi connectivity index (χ1n) is 16.8. The average molecular weight is 617 g/mol. The van der Waals surface area contributed by atoms with Gasteiger partial charge in [-0.25, -0.2) is 9.59 Å². The summed E-state index contributed by atoms with van der Waals surface area (Å²) >= 11 is 0. The predicted molar refractivity (Wildman–Crippen MR) is 171 cm³/mol. The van der Waals surface area contributed by atoms with Crippen LogP contribution in [0, 0.1) is 11.8 Å². The molecule has 9 nitrogen and oxygen atoms in total. The minimum atomic E-state index is -0.393. The molecule has 1 spiro atoms. The molecular weight excluding hydrogens is 568 g/mol. The second-order valence-electron chi connectivity index (χ2n) is 13.7. The summed E-state index contributed by atoms with van der Waals surface area (Å²) in [5.41, 5.74) is 2.66. The summed E-state index contributed by atoms with van der Waals surface area (Å²) in [5.74, 6) is 0.405. The lowest BCUT2D eigenvalue weighted by Crippen LogP contribution is -2.47. The Bertz CT molecular complexity index is 1290. The van der Waals surface area contributed by atoms with Crippen molar-refractivity contribution in [2.45, 2.75) is 76.1 Å². The van der Waals surface area contributed by atoms with Crippen LogP contribution in [0.4, 0.5) is 4.79 Å². The van der Waals surface area contributed by atoms with Crippen molar-refractivity contribution in [3.63, 3.8) is 0 Å². The lowest BCUT2D eigenvalue weighted by molar-refractivity contribution is -0.127. The minimum absolute atomic E-state index is 0.0847. The molecule has 0 radical (unpaired) electrons. The fourth-order valence-corrected chi connectivity index (χ4v) is 7.65. The molecule has 242 valence electrons. The van der Waals surface area contributed by atoms with Crippen LogP contribution in [0.15, 0.2) is 54.6 Å². The second kappa shape index (κ2) is 14.3. The molecule has 45 heavy (non-hydrogen) atoms. The Balaban J connectivity index is 0.887. The van der Waals surface area contributed by atoms with Crippen molar-refractivity contribution in [1.82, 2.24) is 20.0 Å². The molecule has 3 saturated heterocycles. The summed E-state index contributed by atoms with van der Waals surface area (Å²) in [6.07, 6.45) is 7.24. The molecule has 1 aliphatic carbocycles. The third-order valence-corrected chi connectivity index (χ3v) is 10.5. The smallest absolute Gasteiger partial charge is 0.410 e. The van der Waals surface area contributed by atoms with Gasteiger partial charge in [-0.1, -0.05) is 42.5 Å². The number of hydrogen-bond donors (Lipinski definition) is 1. The molecule has 0 bridgehead atoms. The van der Waals surface area contributed by atoms with E-state index in [0.717, 1.165) is 103 Å². The van der Waals surface area contributed by atoms with Crippen LogP contribution >= 0.6 is 0 Å². The number of rotatable bonds is 9. The predicted octanol–water partition coefficient (Wildman–Crippen LogP) is 4.85. The lowest BCUT2D eigenvalue weighted by atomic mass is 9.81. The number of hydrogen-bond acceptors (Lipinski definition) is 7. The highest BCUT2D eigenvalue weighted by molar-refractivity contribution is 5.89. The number of benzene rings is 2. The maximum atomic E-state index is 13.1. The molecule has 2 aromatic carbocycles. The number of amides is 2. The van der Waals surface area contributed by atoms with E-state index in [1.54, 1.807) is 12.1 Å². The van der Waals surface area contributed by atoms with Crippen molar-refractivity contribution in [2.24, 2.45) is 11.8 Å². The van der Waals surface area contributed by atoms with Crippen LogP contribution in [-0.2, 0) is 27.4 Å². The van der Waals surface area contributed by atoms with Gasteiger partial charge in [-0.3, -0.25) is 14.6 Å². The van der Waals surface area contributed by atoms with E-state index < -0.39 is 5.60 Å². The summed E-state index contributed by atoms with van der Waals surface area (Å²) in [6.45, 7) is 6.94. The van der Waals surface area contributed by atoms with Gasteiger partial charge in [0.05, 0.1) is 19.2 Å². The van der Waals surface area contributed by atoms with Gasteiger partial charge in [0.15, 0.2) is 0 Å². The quantitative estimate of drug-likeness (QED) is 0.403. The Kier molecular flexibility index (Phi) is 10.0. The van der Waals surface area contributed by atoms with Gasteiger partial charge in [-0.05, 0) is 67.7 Å². The molecule has 1 N–H and O–H groups in total. The van der Waals surface area contributed by atoms with E-state index in [9.17, 15) is 14.4 Å². The van der Waals surface area contributed by atoms with Crippen LogP contribution in [0.2, 0.25) is 0 Å². The van der Waals surface area contributed by atoms with Gasteiger partial charge < -0.3 is 19.7 Å². The molecule has 3 heterocycles. The summed E-state index contributed by atoms with van der Waals surface area (Å²) < 4.78 is 10.8. The van der Waals surface area contributed by atoms with Gasteiger partial charge in [0.2, 0.25) is 5.91 Å². The third kappa shape index (κ3) is 8.05. The van der Waals surface area contributed by atoms with Crippen molar-refractivity contribution in [3.05, 3.63) is 71.3 Å². The van der Waals surface area contributed by atoms with E-state index in [1.807, 2.05) is 17.0 Å². The van der Waals surface area contributed by atoms with Gasteiger partial charge in [-0.15, -0.1) is 0 Å². The summed E-state index contributed by atoms with van der Waals surface area (Å²) in [5, 5.41) is 3.36. The monoisotopic (exact) mass is 616 g/mol. The van der Waals surface area contributed by atoms with E-state index in [0.29, 0.717) is 18.0 Å². The molecular formula is C36H48N4O5. The van der Waals surface area contributed by atoms with E-state index in [-0.39, 0.29) is 29.9 Å². The first-order chi connectivity index (χ1) is 21.9. The highest BCUT2D eigenvalue weighted by atomic mass is 16.6. The van der Waals surface area contributed by atoms with E-state index in [1.165, 1.54) is 12.7 Å². The summed E-state index contributed by atoms with van der Waals surface area (Å²) in [6, 6.07) is 18.4. The normalized spacial score (nSPS) is 24.4. The largest absolute Gasteiger partial charge is 0.465 e. The van der Waals surface area contributed by atoms with Gasteiger partial charge in [0.25, 0.3) is 0 Å². The fourth-order valence-electron chi connectivity index (χ4n) is 7.65. The fraction of sp³-hybridized carbons (Fsp3) is 0.583. The molecule has 6 rings (SSSR count). The molecule has 1 saturated carbocycles. The van der Waals surface area contributed by atoms with E-state index in [4.69, 9.17) is 9.47 Å². The van der Waals surface area contributed by atoms with Crippen LogP contribution in [0.1, 0.15) is 72.9 Å². The molecule has 2 aromatic rings. The topological polar surface area (TPSA) is 91.4 Å². The number of carbonyl (C=O) groups is 3. The number of esters is 1. The van der Waals surface area contributed by atoms with Crippen molar-refractivity contribution in [1.29, 1.82) is 0 Å². The number of piperidine rings is 2. The van der Waals surface area contributed by atoms with Crippen molar-refractivity contribution >= 4 is 18.0 Å². The third-order valence-electron chi connectivity index (χ3n) is 10.5. The zero-order valence-corrected chi connectivity index (χ0v) is 26.6. The Labute approximate surface area is 267 Å². The highest BCUT2D eigenvalue weighted by Crippen LogP contribution is 2.36. The second-order valence-corrected chi connectivity index (χ2v) is 13.7. The molecule has 4 aliphatic rings. The molecule has 9 heteroatoms. The first kappa shape index (κ1) is 31.5. The average Bonchev–Trinajstić information content (AvgIpc) is 3.37. The maximum Gasteiger partial charge on any atom is 0.410 e. The van der Waals surface area contributed by atoms with Crippen LogP contribution in [-0.4, -0.2) is 90.7 Å². The molecule has 3 aliphatic heterocycles. The Morgan fingerprint density at radius 1 is 0.844 bits per heavy atom. The maximum absolute atomic E-state index is 13.1. The number of likely N-dealkylation sites (tertiary alicyclic amines) is 2. The Hall–Kier alpha value is -3.43. The number of ether oxygens (including phenoxy) is 2. The number of methoxy groups -OCH3 is 1. The minimum Gasteiger partial charge on any atom is -0.465 e. The Morgan fingerprint density at radius 2 is 1.47 bits per heavy atom. The SMILES string of the molecule is COC(=O)c1ccc(CN2CCC3(CC2)CN(C[C@H]2CC[C@H](C(=O)NC4CCN(Cc5ccccc5)CC4)CC2)C(=O)O3)cc1. The number of carbonyl (C=O) groups excluding carboxylic acids is 3. The van der Waals surface area contributed by atoms with Crippen LogP contribution in [0.5, 0.6) is 0 Å². The number of nitrogens with one attached hydrogen (secondary N) is 1. The van der Waals surface area contributed by atoms with Gasteiger partial charge in [-0.2, -0.15) is 0 Å². The highest BCUT2D eigenvalue weighted by Gasteiger charge is 2.47. The van der Waals surface area contributed by atoms with Crippen LogP contribution < -0.4 is 5.32 Å². The van der Waals surface area contributed by atoms with Crippen molar-refractivity contribution in [2.75, 3.05) is 46.4 Å². The van der Waals surface area contributed by atoms with Crippen molar-refractivity contribution in [3.8, 4) is 0 Å². The molecule has 0 atom stereocenters. The standard InChI is InChI=1S/C36H48N4O5/c1-44-34(42)31-13-9-28(10-14-31)24-39-21-17-36(18-22-39)26-40(35(43)45-36)25-29-7-11-30(12-8-29)33(41)37-32-15-19-38(20-16-32)23-27-5-3-2-4-6-27/h2-6,9-10,13-14,29-30,32H,7-8,11-12,15-26H2,1H3,(H,37,41)/t29-,30-. The van der Waals surface area contributed by atoms with E-state index >= 15 is 0 Å². The summed E-state index contributed by atoms with van der Waals surface area (Å²) in [7, 11) is 1.39. The molecule has 0 aromatic heterocycles. The van der Waals surface area contributed by atoms with Gasteiger partial charge >= 0.3 is 12.1 Å². The van der Waals surface area contributed by atoms with Gasteiger partial charge in [0.1, 0.15) is 5.60 Å². The lowest BCUT2D eigenvalue weighted by Gasteiger charge is -2.37. The zero-order chi connectivity index (χ0) is 31.2. The summed E-state index contributed by atoms with van der Waals surface area (Å²) in [4.78, 5) is 44.5. The molecule has 2 amide bonds. The van der Waals surface area contributed by atoms with Gasteiger partial charge in [0, 0.05) is 70.6 Å². The van der Waals surface area contributed by atoms with Crippen LogP contribution in [0.25, 0.3) is 0 Å². The molecule has 4 fully saturated rings. The first-order valence-corrected chi connectivity index (χ1v) is 16.8. The number of nitrogens with zero attached hydrogens (tertiary/aromatic N) is 3. The van der Waals surface area contributed by atoms with E-state index in [2.05, 4.69) is 45.4 Å². The Morgan fingerprint density at radius 3 is 2.11 bits per heavy atom. The van der Waals surface area contributed by atoms with Crippen molar-refractivity contribution < 1.29 is 23.9 Å². The molecule has 0 unspecified atom stereocenters. The van der Waals surface area contributed by atoms with Crippen LogP contribution in [0.3, 0.4) is 0 Å².